The van der Waals surface area contributed by atoms with Crippen molar-refractivity contribution in [3.63, 3.8) is 0 Å². The molecule has 3 aromatic rings. The summed E-state index contributed by atoms with van der Waals surface area (Å²) >= 11 is 0. The Kier molecular flexibility index (Phi) is 5.87. The highest BCUT2D eigenvalue weighted by Gasteiger charge is 2.19. The first-order valence-corrected chi connectivity index (χ1v) is 8.94. The Hall–Kier alpha value is -3.74. The van der Waals surface area contributed by atoms with Crippen molar-refractivity contribution in [3.8, 4) is 11.5 Å². The summed E-state index contributed by atoms with van der Waals surface area (Å²) in [6, 6.07) is 10.5. The van der Waals surface area contributed by atoms with Crippen LogP contribution in [0.4, 0.5) is 0 Å². The van der Waals surface area contributed by atoms with Crippen LogP contribution in [0.1, 0.15) is 32.0 Å². The van der Waals surface area contributed by atoms with E-state index in [0.717, 1.165) is 10.9 Å². The van der Waals surface area contributed by atoms with E-state index >= 15 is 0 Å². The molecule has 0 saturated heterocycles. The van der Waals surface area contributed by atoms with Gasteiger partial charge in [-0.15, -0.1) is 6.58 Å². The van der Waals surface area contributed by atoms with Crippen molar-refractivity contribution in [2.75, 3.05) is 14.2 Å². The van der Waals surface area contributed by atoms with Crippen LogP contribution in [-0.4, -0.2) is 26.0 Å². The minimum atomic E-state index is -0.543. The number of furan rings is 1. The Morgan fingerprint density at radius 1 is 1.10 bits per heavy atom. The van der Waals surface area contributed by atoms with Crippen molar-refractivity contribution < 1.29 is 23.5 Å². The van der Waals surface area contributed by atoms with Gasteiger partial charge in [0.25, 0.3) is 5.91 Å². The summed E-state index contributed by atoms with van der Waals surface area (Å²) in [7, 11) is 3.02. The van der Waals surface area contributed by atoms with Crippen LogP contribution in [0.15, 0.2) is 53.5 Å². The van der Waals surface area contributed by atoms with Crippen LogP contribution >= 0.6 is 0 Å². The minimum Gasteiger partial charge on any atom is -0.493 e. The molecule has 0 aliphatic carbocycles. The van der Waals surface area contributed by atoms with Gasteiger partial charge >= 0.3 is 5.91 Å². The highest BCUT2D eigenvalue weighted by atomic mass is 16.5. The third-order valence-electron chi connectivity index (χ3n) is 4.52. The zero-order chi connectivity index (χ0) is 21.0. The van der Waals surface area contributed by atoms with E-state index in [0.29, 0.717) is 34.6 Å². The lowest BCUT2D eigenvalue weighted by Gasteiger charge is -2.14. The van der Waals surface area contributed by atoms with Crippen molar-refractivity contribution in [3.05, 3.63) is 71.5 Å². The Morgan fingerprint density at radius 3 is 2.48 bits per heavy atom. The van der Waals surface area contributed by atoms with Crippen molar-refractivity contribution in [2.24, 2.45) is 0 Å². The van der Waals surface area contributed by atoms with Crippen molar-refractivity contribution in [2.45, 2.75) is 13.3 Å². The number of ether oxygens (including phenoxy) is 2. The molecule has 1 heterocycles. The van der Waals surface area contributed by atoms with Gasteiger partial charge in [0.1, 0.15) is 5.58 Å². The molecule has 3 rings (SSSR count). The van der Waals surface area contributed by atoms with Crippen LogP contribution in [0, 0.1) is 6.92 Å². The van der Waals surface area contributed by atoms with Gasteiger partial charge < -0.3 is 13.9 Å². The number of carbonyl (C=O) groups excluding carboxylic acids is 2. The molecular weight excluding hydrogens is 372 g/mol. The maximum absolute atomic E-state index is 12.6. The number of hydrogen-bond donors (Lipinski definition) is 2. The van der Waals surface area contributed by atoms with Crippen LogP contribution in [0.2, 0.25) is 0 Å². The molecule has 0 bridgehead atoms. The van der Waals surface area contributed by atoms with Crippen LogP contribution in [0.3, 0.4) is 0 Å². The van der Waals surface area contributed by atoms with Gasteiger partial charge in [0.05, 0.1) is 14.2 Å². The predicted molar refractivity (Wildman–Crippen MR) is 109 cm³/mol. The SMILES string of the molecule is C=CCc1cc(C(=O)NNC(=O)c2oc3ccccc3c2C)cc(OC)c1OC. The van der Waals surface area contributed by atoms with E-state index in [1.54, 1.807) is 31.2 Å². The zero-order valence-electron chi connectivity index (χ0n) is 16.5. The van der Waals surface area contributed by atoms with Crippen LogP contribution < -0.4 is 20.3 Å². The number of methoxy groups -OCH3 is 2. The quantitative estimate of drug-likeness (QED) is 0.493. The van der Waals surface area contributed by atoms with E-state index in [2.05, 4.69) is 17.4 Å². The first-order valence-electron chi connectivity index (χ1n) is 8.94. The number of hydrazine groups is 1. The molecule has 0 fully saturated rings. The number of nitrogens with one attached hydrogen (secondary N) is 2. The molecule has 2 amide bonds. The predicted octanol–water partition coefficient (Wildman–Crippen LogP) is 3.56. The number of para-hydroxylation sites is 1. The Balaban J connectivity index is 1.79. The van der Waals surface area contributed by atoms with Gasteiger partial charge in [-0.25, -0.2) is 0 Å². The van der Waals surface area contributed by atoms with E-state index in [1.165, 1.54) is 14.2 Å². The third kappa shape index (κ3) is 3.94. The summed E-state index contributed by atoms with van der Waals surface area (Å²) in [5, 5.41) is 0.845. The fraction of sp³-hybridized carbons (Fsp3) is 0.182. The first-order chi connectivity index (χ1) is 14.0. The molecule has 29 heavy (non-hydrogen) atoms. The summed E-state index contributed by atoms with van der Waals surface area (Å²) in [5.74, 6) is 0.0470. The molecule has 0 saturated carbocycles. The standard InChI is InChI=1S/C22H22N2O5/c1-5-8-14-11-15(12-18(27-3)20(14)28-4)21(25)23-24-22(26)19-13(2)16-9-6-7-10-17(16)29-19/h5-7,9-12H,1,8H2,2-4H3,(H,23,25)(H,24,26). The number of carbonyl (C=O) groups is 2. The molecule has 2 N–H and O–H groups in total. The highest BCUT2D eigenvalue weighted by Crippen LogP contribution is 2.33. The summed E-state index contributed by atoms with van der Waals surface area (Å²) in [5.41, 5.74) is 7.15. The lowest BCUT2D eigenvalue weighted by molar-refractivity contribution is 0.0831. The molecule has 7 nitrogen and oxygen atoms in total. The largest absolute Gasteiger partial charge is 0.493 e. The van der Waals surface area contributed by atoms with E-state index in [1.807, 2.05) is 18.2 Å². The molecule has 0 unspecified atom stereocenters. The fourth-order valence-electron chi connectivity index (χ4n) is 3.11. The Bertz CT molecular complexity index is 1080. The van der Waals surface area contributed by atoms with Gasteiger partial charge in [0.2, 0.25) is 0 Å². The van der Waals surface area contributed by atoms with Gasteiger partial charge in [0, 0.05) is 22.1 Å². The van der Waals surface area contributed by atoms with E-state index in [-0.39, 0.29) is 5.76 Å². The smallest absolute Gasteiger partial charge is 0.305 e. The maximum atomic E-state index is 12.6. The molecule has 0 radical (unpaired) electrons. The average molecular weight is 394 g/mol. The van der Waals surface area contributed by atoms with E-state index in [9.17, 15) is 9.59 Å². The molecule has 0 spiro atoms. The fourth-order valence-corrected chi connectivity index (χ4v) is 3.11. The van der Waals surface area contributed by atoms with Crippen LogP contribution in [0.5, 0.6) is 11.5 Å². The average Bonchev–Trinajstić information content (AvgIpc) is 3.08. The molecular formula is C22H22N2O5. The van der Waals surface area contributed by atoms with Gasteiger partial charge in [-0.1, -0.05) is 24.3 Å². The number of rotatable bonds is 6. The number of amides is 2. The number of benzene rings is 2. The van der Waals surface area contributed by atoms with Crippen molar-refractivity contribution in [1.82, 2.24) is 10.9 Å². The van der Waals surface area contributed by atoms with Gasteiger partial charge in [0.15, 0.2) is 17.3 Å². The Labute approximate surface area is 168 Å². The van der Waals surface area contributed by atoms with Gasteiger partial charge in [-0.3, -0.25) is 20.4 Å². The normalized spacial score (nSPS) is 10.4. The van der Waals surface area contributed by atoms with Crippen LogP contribution in [-0.2, 0) is 6.42 Å². The summed E-state index contributed by atoms with van der Waals surface area (Å²) in [6.07, 6.45) is 2.19. The van der Waals surface area contributed by atoms with Crippen LogP contribution in [0.25, 0.3) is 11.0 Å². The summed E-state index contributed by atoms with van der Waals surface area (Å²) in [4.78, 5) is 25.1. The summed E-state index contributed by atoms with van der Waals surface area (Å²) < 4.78 is 16.3. The van der Waals surface area contributed by atoms with Gasteiger partial charge in [-0.05, 0) is 31.5 Å². The monoisotopic (exact) mass is 394 g/mol. The molecule has 0 aliphatic heterocycles. The highest BCUT2D eigenvalue weighted by molar-refractivity contribution is 6.01. The third-order valence-corrected chi connectivity index (χ3v) is 4.52. The molecule has 0 atom stereocenters. The van der Waals surface area contributed by atoms with Crippen molar-refractivity contribution >= 4 is 22.8 Å². The molecule has 7 heteroatoms. The molecule has 150 valence electrons. The number of fused-ring (bicyclic) bond motifs is 1. The lowest BCUT2D eigenvalue weighted by Crippen LogP contribution is -2.41. The minimum absolute atomic E-state index is 0.145. The van der Waals surface area contributed by atoms with E-state index in [4.69, 9.17) is 13.9 Å². The molecule has 0 aliphatic rings. The maximum Gasteiger partial charge on any atom is 0.305 e. The molecule has 1 aromatic heterocycles. The number of aryl methyl sites for hydroxylation is 1. The Morgan fingerprint density at radius 2 is 1.83 bits per heavy atom. The first kappa shape index (κ1) is 20.0. The number of hydrogen-bond acceptors (Lipinski definition) is 5. The second-order valence-electron chi connectivity index (χ2n) is 6.32. The lowest BCUT2D eigenvalue weighted by atomic mass is 10.1. The zero-order valence-corrected chi connectivity index (χ0v) is 16.5. The number of allylic oxidation sites excluding steroid dienone is 1. The second-order valence-corrected chi connectivity index (χ2v) is 6.32. The van der Waals surface area contributed by atoms with Gasteiger partial charge in [-0.2, -0.15) is 0 Å². The van der Waals surface area contributed by atoms with Crippen molar-refractivity contribution in [1.29, 1.82) is 0 Å². The molecule has 2 aromatic carbocycles. The summed E-state index contributed by atoms with van der Waals surface area (Å²) in [6.45, 7) is 5.51. The second kappa shape index (κ2) is 8.52. The topological polar surface area (TPSA) is 89.8 Å². The van der Waals surface area contributed by atoms with E-state index < -0.39 is 11.8 Å².